The average Bonchev–Trinajstić information content (AvgIpc) is 2.84. The first-order valence-corrected chi connectivity index (χ1v) is 7.54. The first kappa shape index (κ1) is 14.5. The molecule has 1 aliphatic rings. The fraction of sp³-hybridized carbons (Fsp3) is 0.800. The second kappa shape index (κ2) is 6.06. The van der Waals surface area contributed by atoms with E-state index in [1.165, 1.54) is 12.1 Å². The van der Waals surface area contributed by atoms with Crippen LogP contribution in [0, 0.1) is 11.8 Å². The van der Waals surface area contributed by atoms with Gasteiger partial charge >= 0.3 is 0 Å². The van der Waals surface area contributed by atoms with Crippen LogP contribution in [-0.4, -0.2) is 33.6 Å². The van der Waals surface area contributed by atoms with Gasteiger partial charge in [-0.1, -0.05) is 13.8 Å². The quantitative estimate of drug-likeness (QED) is 0.907. The Hall–Kier alpha value is -0.870. The van der Waals surface area contributed by atoms with E-state index >= 15 is 0 Å². The second-order valence-electron chi connectivity index (χ2n) is 6.11. The molecule has 1 aromatic heterocycles. The molecule has 0 radical (unpaired) electrons. The third kappa shape index (κ3) is 2.84. The van der Waals surface area contributed by atoms with Crippen molar-refractivity contribution in [1.29, 1.82) is 0 Å². The topological polar surface area (TPSA) is 47.1 Å². The highest BCUT2D eigenvalue weighted by atomic mass is 15.2. The predicted octanol–water partition coefficient (Wildman–Crippen LogP) is 2.27. The van der Waals surface area contributed by atoms with Gasteiger partial charge in [0.25, 0.3) is 0 Å². The van der Waals surface area contributed by atoms with Crippen LogP contribution in [0.4, 0.5) is 0 Å². The van der Waals surface area contributed by atoms with Crippen molar-refractivity contribution >= 4 is 0 Å². The summed E-state index contributed by atoms with van der Waals surface area (Å²) in [7, 11) is 0. The summed E-state index contributed by atoms with van der Waals surface area (Å²) in [5, 5.41) is 0. The average molecular weight is 264 g/mol. The molecule has 1 aromatic rings. The van der Waals surface area contributed by atoms with E-state index in [-0.39, 0.29) is 0 Å². The molecule has 0 bridgehead atoms. The molecule has 0 aliphatic carbocycles. The van der Waals surface area contributed by atoms with Crippen molar-refractivity contribution in [2.45, 2.75) is 52.7 Å². The van der Waals surface area contributed by atoms with Crippen LogP contribution >= 0.6 is 0 Å². The van der Waals surface area contributed by atoms with E-state index in [2.05, 4.69) is 42.1 Å². The maximum absolute atomic E-state index is 6.09. The minimum atomic E-state index is 0.294. The Bertz CT molecular complexity index is 401. The van der Waals surface area contributed by atoms with Crippen molar-refractivity contribution in [3.63, 3.8) is 0 Å². The lowest BCUT2D eigenvalue weighted by molar-refractivity contribution is 0.0397. The molecule has 4 nitrogen and oxygen atoms in total. The third-order valence-electron chi connectivity index (χ3n) is 4.69. The van der Waals surface area contributed by atoms with Gasteiger partial charge in [0.15, 0.2) is 0 Å². The first-order valence-electron chi connectivity index (χ1n) is 7.54. The number of imidazole rings is 1. The Kier molecular flexibility index (Phi) is 4.63. The molecule has 0 saturated carbocycles. The molecule has 1 aliphatic heterocycles. The van der Waals surface area contributed by atoms with E-state index in [0.29, 0.717) is 18.6 Å². The summed E-state index contributed by atoms with van der Waals surface area (Å²) in [6.45, 7) is 12.0. The molecule has 4 atom stereocenters. The third-order valence-corrected chi connectivity index (χ3v) is 4.69. The van der Waals surface area contributed by atoms with Gasteiger partial charge in [-0.05, 0) is 32.1 Å². The van der Waals surface area contributed by atoms with E-state index in [1.54, 1.807) is 0 Å². The van der Waals surface area contributed by atoms with Gasteiger partial charge in [-0.25, -0.2) is 4.98 Å². The predicted molar refractivity (Wildman–Crippen MR) is 78.8 cm³/mol. The summed E-state index contributed by atoms with van der Waals surface area (Å²) < 4.78 is 2.22. The van der Waals surface area contributed by atoms with Gasteiger partial charge in [-0.15, -0.1) is 0 Å². The summed E-state index contributed by atoms with van der Waals surface area (Å²) in [5.41, 5.74) is 7.35. The van der Waals surface area contributed by atoms with Crippen molar-refractivity contribution in [3.8, 4) is 0 Å². The van der Waals surface area contributed by atoms with Crippen LogP contribution in [0.2, 0.25) is 0 Å². The van der Waals surface area contributed by atoms with Crippen LogP contribution in [-0.2, 0) is 6.54 Å². The van der Waals surface area contributed by atoms with Crippen LogP contribution in [0.25, 0.3) is 0 Å². The highest BCUT2D eigenvalue weighted by Gasteiger charge is 2.34. The Labute approximate surface area is 117 Å². The monoisotopic (exact) mass is 264 g/mol. The zero-order valence-electron chi connectivity index (χ0n) is 12.7. The van der Waals surface area contributed by atoms with Crippen LogP contribution in [0.3, 0.4) is 0 Å². The van der Waals surface area contributed by atoms with Gasteiger partial charge in [0.2, 0.25) is 0 Å². The van der Waals surface area contributed by atoms with Crippen molar-refractivity contribution < 1.29 is 0 Å². The van der Waals surface area contributed by atoms with Crippen LogP contribution in [0.15, 0.2) is 12.5 Å². The fourth-order valence-corrected chi connectivity index (χ4v) is 3.47. The number of rotatable bonds is 4. The highest BCUT2D eigenvalue weighted by Crippen LogP contribution is 2.33. The molecule has 108 valence electrons. The number of likely N-dealkylation sites (tertiary alicyclic amines) is 1. The van der Waals surface area contributed by atoms with Crippen molar-refractivity contribution in [2.24, 2.45) is 17.6 Å². The van der Waals surface area contributed by atoms with E-state index in [1.807, 2.05) is 12.5 Å². The van der Waals surface area contributed by atoms with Crippen molar-refractivity contribution in [1.82, 2.24) is 14.5 Å². The van der Waals surface area contributed by atoms with E-state index < -0.39 is 0 Å². The van der Waals surface area contributed by atoms with Gasteiger partial charge in [-0.3, -0.25) is 4.90 Å². The van der Waals surface area contributed by atoms with Gasteiger partial charge in [0, 0.05) is 31.9 Å². The number of hydrogen-bond donors (Lipinski definition) is 1. The SMILES string of the molecule is CCn1cncc1C(CN)N1CC(C)CC(C)C1C. The normalized spacial score (nSPS) is 30.5. The molecule has 4 heteroatoms. The zero-order valence-corrected chi connectivity index (χ0v) is 12.7. The molecule has 0 aromatic carbocycles. The Morgan fingerprint density at radius 1 is 1.42 bits per heavy atom. The molecule has 2 heterocycles. The molecule has 1 saturated heterocycles. The van der Waals surface area contributed by atoms with E-state index in [0.717, 1.165) is 24.9 Å². The lowest BCUT2D eigenvalue weighted by atomic mass is 9.84. The second-order valence-corrected chi connectivity index (χ2v) is 6.11. The molecular formula is C15H28N4. The molecule has 2 N–H and O–H groups in total. The smallest absolute Gasteiger partial charge is 0.0948 e. The lowest BCUT2D eigenvalue weighted by Crippen LogP contribution is -2.49. The summed E-state index contributed by atoms with van der Waals surface area (Å²) in [4.78, 5) is 6.89. The zero-order chi connectivity index (χ0) is 14.0. The summed E-state index contributed by atoms with van der Waals surface area (Å²) >= 11 is 0. The summed E-state index contributed by atoms with van der Waals surface area (Å²) in [6.07, 6.45) is 5.22. The van der Waals surface area contributed by atoms with Crippen LogP contribution in [0.5, 0.6) is 0 Å². The number of hydrogen-bond acceptors (Lipinski definition) is 3. The standard InChI is InChI=1S/C15H28N4/c1-5-18-10-17-8-15(18)14(7-16)19-9-11(2)6-12(3)13(19)4/h8,10-14H,5-7,9,16H2,1-4H3. The van der Waals surface area contributed by atoms with Crippen molar-refractivity contribution in [3.05, 3.63) is 18.2 Å². The van der Waals surface area contributed by atoms with Gasteiger partial charge in [0.05, 0.1) is 18.1 Å². The summed E-state index contributed by atoms with van der Waals surface area (Å²) in [6, 6.07) is 0.882. The van der Waals surface area contributed by atoms with Gasteiger partial charge in [-0.2, -0.15) is 0 Å². The molecule has 19 heavy (non-hydrogen) atoms. The molecule has 0 amide bonds. The minimum Gasteiger partial charge on any atom is -0.333 e. The maximum atomic E-state index is 6.09. The van der Waals surface area contributed by atoms with Crippen LogP contribution in [0.1, 0.15) is 45.9 Å². The van der Waals surface area contributed by atoms with Crippen LogP contribution < -0.4 is 5.73 Å². The number of aromatic nitrogens is 2. The first-order chi connectivity index (χ1) is 9.08. The molecule has 1 fully saturated rings. The largest absolute Gasteiger partial charge is 0.333 e. The number of nitrogens with zero attached hydrogens (tertiary/aromatic N) is 3. The Balaban J connectivity index is 2.25. The number of nitrogens with two attached hydrogens (primary N) is 1. The maximum Gasteiger partial charge on any atom is 0.0948 e. The highest BCUT2D eigenvalue weighted by molar-refractivity contribution is 5.08. The minimum absolute atomic E-state index is 0.294. The molecule has 0 spiro atoms. The summed E-state index contributed by atoms with van der Waals surface area (Å²) in [5.74, 6) is 1.48. The number of aryl methyl sites for hydroxylation is 1. The Morgan fingerprint density at radius 2 is 2.16 bits per heavy atom. The molecule has 2 rings (SSSR count). The lowest BCUT2D eigenvalue weighted by Gasteiger charge is -2.45. The fourth-order valence-electron chi connectivity index (χ4n) is 3.47. The molecular weight excluding hydrogens is 236 g/mol. The van der Waals surface area contributed by atoms with Crippen molar-refractivity contribution in [2.75, 3.05) is 13.1 Å². The Morgan fingerprint density at radius 3 is 2.79 bits per heavy atom. The number of piperidine rings is 1. The van der Waals surface area contributed by atoms with Gasteiger partial charge in [0.1, 0.15) is 0 Å². The van der Waals surface area contributed by atoms with E-state index in [4.69, 9.17) is 5.73 Å². The van der Waals surface area contributed by atoms with E-state index in [9.17, 15) is 0 Å². The molecule has 4 unspecified atom stereocenters. The van der Waals surface area contributed by atoms with Gasteiger partial charge < -0.3 is 10.3 Å².